The third-order valence-corrected chi connectivity index (χ3v) is 10.5. The number of fused-ring (bicyclic) bond motifs is 2. The highest BCUT2D eigenvalue weighted by atomic mass is 16.5. The van der Waals surface area contributed by atoms with E-state index < -0.39 is 30.0 Å². The van der Waals surface area contributed by atoms with Crippen molar-refractivity contribution in [3.8, 4) is 46.0 Å². The fourth-order valence-corrected chi connectivity index (χ4v) is 7.80. The van der Waals surface area contributed by atoms with Crippen molar-refractivity contribution in [3.63, 3.8) is 0 Å². The van der Waals surface area contributed by atoms with E-state index in [0.717, 1.165) is 33.4 Å². The molecule has 0 spiro atoms. The topological polar surface area (TPSA) is 163 Å². The van der Waals surface area contributed by atoms with Gasteiger partial charge in [-0.1, -0.05) is 24.3 Å². The summed E-state index contributed by atoms with van der Waals surface area (Å²) in [7, 11) is 6.05. The largest absolute Gasteiger partial charge is 0.504 e. The number of carbonyl (C=O) groups excluding carboxylic acids is 1. The predicted octanol–water partition coefficient (Wildman–Crippen LogP) is 5.13. The van der Waals surface area contributed by atoms with Crippen molar-refractivity contribution < 1.29 is 58.4 Å². The van der Waals surface area contributed by atoms with E-state index in [1.165, 1.54) is 26.4 Å². The van der Waals surface area contributed by atoms with Gasteiger partial charge >= 0.3 is 5.97 Å². The van der Waals surface area contributed by atoms with Crippen LogP contribution in [0.15, 0.2) is 60.7 Å². The number of aromatic hydroxyl groups is 2. The van der Waals surface area contributed by atoms with Gasteiger partial charge in [-0.25, -0.2) is 0 Å². The lowest BCUT2D eigenvalue weighted by atomic mass is 9.83. The Morgan fingerprint density at radius 2 is 1.08 bits per heavy atom. The summed E-state index contributed by atoms with van der Waals surface area (Å²) < 4.78 is 40.5. The molecule has 0 aromatic heterocycles. The maximum absolute atomic E-state index is 13.2. The number of phenolic OH excluding ortho intramolecular Hbond substituents is 2. The monoisotopic (exact) mass is 714 g/mol. The van der Waals surface area contributed by atoms with Crippen molar-refractivity contribution in [1.82, 2.24) is 0 Å². The molecule has 1 fully saturated rings. The van der Waals surface area contributed by atoms with E-state index in [4.69, 9.17) is 33.2 Å². The summed E-state index contributed by atoms with van der Waals surface area (Å²) >= 11 is 0. The Morgan fingerprint density at radius 1 is 0.615 bits per heavy atom. The van der Waals surface area contributed by atoms with E-state index in [9.17, 15) is 25.2 Å². The van der Waals surface area contributed by atoms with E-state index in [2.05, 4.69) is 0 Å². The molecule has 4 N–H and O–H groups in total. The molecule has 4 aromatic rings. The molecule has 274 valence electrons. The quantitative estimate of drug-likeness (QED) is 0.144. The van der Waals surface area contributed by atoms with Crippen LogP contribution in [0.5, 0.6) is 46.0 Å². The molecule has 0 radical (unpaired) electrons. The van der Waals surface area contributed by atoms with Gasteiger partial charge in [-0.2, -0.15) is 0 Å². The fraction of sp³-hybridized carbons (Fsp3) is 0.375. The summed E-state index contributed by atoms with van der Waals surface area (Å²) in [6.45, 7) is -0.156. The molecule has 3 aliphatic rings. The number of ether oxygens (including phenoxy) is 7. The molecule has 0 bridgehead atoms. The van der Waals surface area contributed by atoms with Gasteiger partial charge in [-0.3, -0.25) is 4.79 Å². The van der Waals surface area contributed by atoms with Crippen LogP contribution in [0, 0.1) is 11.8 Å². The molecule has 0 amide bonds. The number of esters is 1. The summed E-state index contributed by atoms with van der Waals surface area (Å²) in [4.78, 5) is 13.2. The van der Waals surface area contributed by atoms with Crippen molar-refractivity contribution >= 4 is 5.97 Å². The van der Waals surface area contributed by atoms with Crippen LogP contribution in [0.1, 0.15) is 57.4 Å². The minimum atomic E-state index is -0.556. The van der Waals surface area contributed by atoms with E-state index in [1.54, 1.807) is 38.5 Å². The third-order valence-electron chi connectivity index (χ3n) is 10.5. The lowest BCUT2D eigenvalue weighted by Crippen LogP contribution is -2.21. The minimum absolute atomic E-state index is 0.000573. The summed E-state index contributed by atoms with van der Waals surface area (Å²) in [6, 6.07) is 17.6. The highest BCUT2D eigenvalue weighted by molar-refractivity contribution is 5.75. The Kier molecular flexibility index (Phi) is 9.69. The molecule has 12 heteroatoms. The molecule has 3 aliphatic heterocycles. The van der Waals surface area contributed by atoms with Crippen molar-refractivity contribution in [2.45, 2.75) is 36.9 Å². The second-order valence-corrected chi connectivity index (χ2v) is 13.4. The van der Waals surface area contributed by atoms with Crippen LogP contribution >= 0.6 is 0 Å². The molecular formula is C40H42O12. The smallest absolute Gasteiger partial charge is 0.309 e. The zero-order valence-corrected chi connectivity index (χ0v) is 29.3. The van der Waals surface area contributed by atoms with Crippen LogP contribution in [0.2, 0.25) is 0 Å². The SMILES string of the molecule is COc1cc([C@H]2Oc3c(OC)cc(C[C@H]4C(=O)OC[C@H]4Cc4cc(OC)c5c(c4)[C@H](CO)[C@H](c4ccc(O)c(OC)c4)O5)cc3[C@@H]2CO)ccc1O. The molecule has 0 unspecified atom stereocenters. The summed E-state index contributed by atoms with van der Waals surface area (Å²) in [5.74, 6) is 0.890. The lowest BCUT2D eigenvalue weighted by Gasteiger charge is -2.19. The van der Waals surface area contributed by atoms with Crippen LogP contribution in [-0.2, 0) is 22.4 Å². The number of hydrogen-bond acceptors (Lipinski definition) is 12. The molecule has 3 heterocycles. The first-order valence-corrected chi connectivity index (χ1v) is 17.1. The van der Waals surface area contributed by atoms with Crippen molar-refractivity contribution in [3.05, 3.63) is 94.0 Å². The van der Waals surface area contributed by atoms with E-state index in [-0.39, 0.29) is 43.2 Å². The molecule has 7 rings (SSSR count). The van der Waals surface area contributed by atoms with Crippen molar-refractivity contribution in [2.24, 2.45) is 11.8 Å². The second-order valence-electron chi connectivity index (χ2n) is 13.4. The number of benzene rings is 4. The number of hydrogen-bond donors (Lipinski definition) is 4. The Labute approximate surface area is 301 Å². The van der Waals surface area contributed by atoms with Crippen LogP contribution < -0.4 is 28.4 Å². The van der Waals surface area contributed by atoms with Crippen LogP contribution in [0.25, 0.3) is 0 Å². The highest BCUT2D eigenvalue weighted by Crippen LogP contribution is 2.53. The average Bonchev–Trinajstić information content (AvgIpc) is 3.84. The van der Waals surface area contributed by atoms with Gasteiger partial charge in [0.15, 0.2) is 46.0 Å². The van der Waals surface area contributed by atoms with Gasteiger partial charge in [-0.15, -0.1) is 0 Å². The Balaban J connectivity index is 1.14. The molecule has 0 saturated carbocycles. The molecule has 6 atom stereocenters. The number of cyclic esters (lactones) is 1. The maximum Gasteiger partial charge on any atom is 0.309 e. The van der Waals surface area contributed by atoms with Gasteiger partial charge in [0, 0.05) is 17.0 Å². The standard InChI is InChI=1S/C40H42O12/c1-46-32-15-22(5-7-30(32)43)36-28(17-41)26-11-20(13-34(48-3)38(26)51-36)9-24-19-50-40(45)25(24)10-21-12-27-29(18-42)37(52-39(27)35(14-21)49-4)23-6-8-31(44)33(16-23)47-2/h5-8,11-16,24-25,28-29,36-37,41-44H,9-10,17-19H2,1-4H3/t24-,25-,28+,29+,36+,37-/m1/s1. The van der Waals surface area contributed by atoms with Crippen molar-refractivity contribution in [2.75, 3.05) is 48.3 Å². The number of methoxy groups -OCH3 is 4. The van der Waals surface area contributed by atoms with Crippen LogP contribution in [0.4, 0.5) is 0 Å². The summed E-state index contributed by atoms with van der Waals surface area (Å²) in [5, 5.41) is 41.4. The molecule has 52 heavy (non-hydrogen) atoms. The Hall–Kier alpha value is -5.33. The molecule has 12 nitrogen and oxygen atoms in total. The summed E-state index contributed by atoms with van der Waals surface area (Å²) in [6.07, 6.45) is -0.219. The van der Waals surface area contributed by atoms with E-state index in [0.29, 0.717) is 47.3 Å². The first-order chi connectivity index (χ1) is 25.2. The summed E-state index contributed by atoms with van der Waals surface area (Å²) in [5.41, 5.74) is 4.74. The highest BCUT2D eigenvalue weighted by Gasteiger charge is 2.42. The fourth-order valence-electron chi connectivity index (χ4n) is 7.80. The van der Waals surface area contributed by atoms with Gasteiger partial charge in [0.05, 0.1) is 66.0 Å². The van der Waals surface area contributed by atoms with Crippen LogP contribution in [0.3, 0.4) is 0 Å². The average molecular weight is 715 g/mol. The number of aliphatic hydroxyl groups excluding tert-OH is 2. The van der Waals surface area contributed by atoms with E-state index in [1.807, 2.05) is 24.3 Å². The van der Waals surface area contributed by atoms with Gasteiger partial charge in [0.25, 0.3) is 0 Å². The van der Waals surface area contributed by atoms with Crippen molar-refractivity contribution in [1.29, 1.82) is 0 Å². The normalized spacial score (nSPS) is 22.9. The van der Waals surface area contributed by atoms with Gasteiger partial charge in [0.2, 0.25) is 0 Å². The third kappa shape index (κ3) is 6.15. The molecular weight excluding hydrogens is 672 g/mol. The molecule has 1 saturated heterocycles. The number of aliphatic hydroxyl groups is 2. The van der Waals surface area contributed by atoms with Crippen LogP contribution in [-0.4, -0.2) is 74.7 Å². The first-order valence-electron chi connectivity index (χ1n) is 17.1. The predicted molar refractivity (Wildman–Crippen MR) is 187 cm³/mol. The maximum atomic E-state index is 13.2. The number of carbonyl (C=O) groups is 1. The number of rotatable bonds is 12. The van der Waals surface area contributed by atoms with Gasteiger partial charge in [-0.05, 0) is 71.5 Å². The lowest BCUT2D eigenvalue weighted by molar-refractivity contribution is -0.141. The Morgan fingerprint density at radius 3 is 1.52 bits per heavy atom. The zero-order valence-electron chi connectivity index (χ0n) is 29.3. The van der Waals surface area contributed by atoms with Gasteiger partial charge in [0.1, 0.15) is 12.2 Å². The molecule has 0 aliphatic carbocycles. The van der Waals surface area contributed by atoms with Gasteiger partial charge < -0.3 is 53.6 Å². The zero-order chi connectivity index (χ0) is 36.7. The second kappa shape index (κ2) is 14.4. The van der Waals surface area contributed by atoms with E-state index >= 15 is 0 Å². The first kappa shape index (κ1) is 35.1. The Bertz CT molecular complexity index is 1970. The molecule has 4 aromatic carbocycles. The minimum Gasteiger partial charge on any atom is -0.504 e. The number of phenols is 2.